The van der Waals surface area contributed by atoms with Gasteiger partial charge in [0.2, 0.25) is 5.91 Å². The fourth-order valence-electron chi connectivity index (χ4n) is 4.06. The van der Waals surface area contributed by atoms with Crippen molar-refractivity contribution in [3.8, 4) is 0 Å². The smallest absolute Gasteiger partial charge is 0.225 e. The number of nitrogens with one attached hydrogen (secondary N) is 1. The number of rotatable bonds is 6. The van der Waals surface area contributed by atoms with Crippen LogP contribution in [0.4, 0.5) is 0 Å². The highest BCUT2D eigenvalue weighted by atomic mass is 35.5. The summed E-state index contributed by atoms with van der Waals surface area (Å²) in [6.45, 7) is 9.18. The molecule has 2 fully saturated rings. The first kappa shape index (κ1) is 20.2. The quantitative estimate of drug-likeness (QED) is 0.842. The van der Waals surface area contributed by atoms with E-state index >= 15 is 0 Å². The number of carbonyl (C=O) groups excluding carboxylic acids is 1. The summed E-state index contributed by atoms with van der Waals surface area (Å²) in [6, 6.07) is 10.7. The minimum Gasteiger partial charge on any atom is -0.342 e. The predicted molar refractivity (Wildman–Crippen MR) is 105 cm³/mol. The van der Waals surface area contributed by atoms with Crippen molar-refractivity contribution in [3.63, 3.8) is 0 Å². The molecular formula is C20H32ClN3O. The van der Waals surface area contributed by atoms with Gasteiger partial charge < -0.3 is 10.2 Å². The standard InChI is InChI=1S/C20H31N3O.ClH/c1-2-23(20(24)19-8-11-21-12-9-19)16-18-10-13-22(15-18)14-17-6-4-3-5-7-17;/h3-7,18-19,21H,2,8-16H2,1H3;1H. The highest BCUT2D eigenvalue weighted by molar-refractivity contribution is 5.85. The van der Waals surface area contributed by atoms with Gasteiger partial charge in [-0.2, -0.15) is 0 Å². The summed E-state index contributed by atoms with van der Waals surface area (Å²) in [5.74, 6) is 1.26. The molecule has 25 heavy (non-hydrogen) atoms. The maximum absolute atomic E-state index is 12.8. The van der Waals surface area contributed by atoms with E-state index in [0.717, 1.165) is 58.7 Å². The normalized spacial score (nSPS) is 21.7. The Kier molecular flexibility index (Phi) is 8.20. The van der Waals surface area contributed by atoms with Crippen molar-refractivity contribution >= 4 is 18.3 Å². The van der Waals surface area contributed by atoms with Crippen LogP contribution in [0.3, 0.4) is 0 Å². The third kappa shape index (κ3) is 5.70. The number of hydrogen-bond acceptors (Lipinski definition) is 3. The SMILES string of the molecule is CCN(CC1CCN(Cc2ccccc2)C1)C(=O)C1CCNCC1.Cl. The largest absolute Gasteiger partial charge is 0.342 e. The Morgan fingerprint density at radius 2 is 1.92 bits per heavy atom. The van der Waals surface area contributed by atoms with E-state index in [1.807, 2.05) is 0 Å². The average molecular weight is 366 g/mol. The highest BCUT2D eigenvalue weighted by Gasteiger charge is 2.29. The molecule has 1 N–H and O–H groups in total. The zero-order valence-electron chi connectivity index (χ0n) is 15.3. The van der Waals surface area contributed by atoms with Crippen LogP contribution in [0.2, 0.25) is 0 Å². The molecule has 3 rings (SSSR count). The van der Waals surface area contributed by atoms with Crippen molar-refractivity contribution in [2.24, 2.45) is 11.8 Å². The van der Waals surface area contributed by atoms with Crippen LogP contribution in [0.5, 0.6) is 0 Å². The van der Waals surface area contributed by atoms with E-state index in [2.05, 4.69) is 52.4 Å². The van der Waals surface area contributed by atoms with Gasteiger partial charge in [-0.25, -0.2) is 0 Å². The van der Waals surface area contributed by atoms with Gasteiger partial charge in [-0.15, -0.1) is 12.4 Å². The van der Waals surface area contributed by atoms with Crippen LogP contribution >= 0.6 is 12.4 Å². The second-order valence-corrected chi connectivity index (χ2v) is 7.28. The van der Waals surface area contributed by atoms with E-state index < -0.39 is 0 Å². The van der Waals surface area contributed by atoms with Crippen LogP contribution in [0.1, 0.15) is 31.7 Å². The van der Waals surface area contributed by atoms with Crippen molar-refractivity contribution < 1.29 is 4.79 Å². The molecule has 2 heterocycles. The zero-order valence-corrected chi connectivity index (χ0v) is 16.1. The summed E-state index contributed by atoms with van der Waals surface area (Å²) >= 11 is 0. The van der Waals surface area contributed by atoms with Crippen molar-refractivity contribution in [2.75, 3.05) is 39.3 Å². The number of halogens is 1. The van der Waals surface area contributed by atoms with E-state index in [1.54, 1.807) is 0 Å². The highest BCUT2D eigenvalue weighted by Crippen LogP contribution is 2.22. The van der Waals surface area contributed by atoms with E-state index in [1.165, 1.54) is 12.0 Å². The van der Waals surface area contributed by atoms with Crippen molar-refractivity contribution in [3.05, 3.63) is 35.9 Å². The summed E-state index contributed by atoms with van der Waals surface area (Å²) in [4.78, 5) is 17.4. The molecule has 4 nitrogen and oxygen atoms in total. The second kappa shape index (κ2) is 10.1. The maximum atomic E-state index is 12.8. The van der Waals surface area contributed by atoms with Crippen molar-refractivity contribution in [1.29, 1.82) is 0 Å². The second-order valence-electron chi connectivity index (χ2n) is 7.28. The number of benzene rings is 1. The van der Waals surface area contributed by atoms with Crippen molar-refractivity contribution in [2.45, 2.75) is 32.7 Å². The fourth-order valence-corrected chi connectivity index (χ4v) is 4.06. The lowest BCUT2D eigenvalue weighted by molar-refractivity contribution is -0.136. The molecule has 1 amide bonds. The monoisotopic (exact) mass is 365 g/mol. The number of carbonyl (C=O) groups is 1. The van der Waals surface area contributed by atoms with Gasteiger partial charge in [0, 0.05) is 32.1 Å². The van der Waals surface area contributed by atoms with Gasteiger partial charge in [-0.05, 0) is 57.3 Å². The molecule has 1 aromatic carbocycles. The van der Waals surface area contributed by atoms with Gasteiger partial charge in [-0.1, -0.05) is 30.3 Å². The molecule has 140 valence electrons. The molecular weight excluding hydrogens is 334 g/mol. The topological polar surface area (TPSA) is 35.6 Å². The van der Waals surface area contributed by atoms with Gasteiger partial charge in [-0.3, -0.25) is 9.69 Å². The number of hydrogen-bond donors (Lipinski definition) is 1. The van der Waals surface area contributed by atoms with Crippen LogP contribution in [-0.4, -0.2) is 55.0 Å². The minimum atomic E-state index is 0. The van der Waals surface area contributed by atoms with E-state index in [9.17, 15) is 4.79 Å². The third-order valence-corrected chi connectivity index (χ3v) is 5.48. The number of amides is 1. The van der Waals surface area contributed by atoms with Crippen molar-refractivity contribution in [1.82, 2.24) is 15.1 Å². The van der Waals surface area contributed by atoms with Crippen LogP contribution in [0.25, 0.3) is 0 Å². The summed E-state index contributed by atoms with van der Waals surface area (Å²) in [5, 5.41) is 3.35. The van der Waals surface area contributed by atoms with Crippen LogP contribution in [0.15, 0.2) is 30.3 Å². The molecule has 0 spiro atoms. The maximum Gasteiger partial charge on any atom is 0.225 e. The number of nitrogens with zero attached hydrogens (tertiary/aromatic N) is 2. The Morgan fingerprint density at radius 3 is 2.60 bits per heavy atom. The molecule has 0 aromatic heterocycles. The van der Waals surface area contributed by atoms with E-state index in [-0.39, 0.29) is 18.3 Å². The van der Waals surface area contributed by atoms with Gasteiger partial charge in [0.05, 0.1) is 0 Å². The first-order valence-corrected chi connectivity index (χ1v) is 9.52. The number of likely N-dealkylation sites (tertiary alicyclic amines) is 1. The Hall–Kier alpha value is -1.10. The van der Waals surface area contributed by atoms with Crippen LogP contribution < -0.4 is 5.32 Å². The van der Waals surface area contributed by atoms with Crippen LogP contribution in [-0.2, 0) is 11.3 Å². The first-order valence-electron chi connectivity index (χ1n) is 9.52. The molecule has 0 bridgehead atoms. The summed E-state index contributed by atoms with van der Waals surface area (Å²) in [6.07, 6.45) is 3.21. The first-order chi connectivity index (χ1) is 11.8. The van der Waals surface area contributed by atoms with Gasteiger partial charge in [0.15, 0.2) is 0 Å². The van der Waals surface area contributed by atoms with Gasteiger partial charge in [0.25, 0.3) is 0 Å². The lowest BCUT2D eigenvalue weighted by atomic mass is 9.96. The predicted octanol–water partition coefficient (Wildman–Crippen LogP) is 2.78. The molecule has 1 atom stereocenters. The Balaban J connectivity index is 0.00000225. The molecule has 2 aliphatic heterocycles. The molecule has 0 saturated carbocycles. The summed E-state index contributed by atoms with van der Waals surface area (Å²) in [7, 11) is 0. The molecule has 5 heteroatoms. The van der Waals surface area contributed by atoms with Crippen LogP contribution in [0, 0.1) is 11.8 Å². The lowest BCUT2D eigenvalue weighted by Crippen LogP contribution is -2.43. The summed E-state index contributed by atoms with van der Waals surface area (Å²) in [5.41, 5.74) is 1.39. The molecule has 0 radical (unpaired) electrons. The molecule has 1 unspecified atom stereocenters. The third-order valence-electron chi connectivity index (χ3n) is 5.48. The molecule has 2 aliphatic rings. The Bertz CT molecular complexity index is 519. The average Bonchev–Trinajstić information content (AvgIpc) is 3.07. The minimum absolute atomic E-state index is 0. The Labute approximate surface area is 158 Å². The number of piperidine rings is 1. The molecule has 2 saturated heterocycles. The van der Waals surface area contributed by atoms with Gasteiger partial charge in [0.1, 0.15) is 0 Å². The van der Waals surface area contributed by atoms with E-state index in [4.69, 9.17) is 0 Å². The zero-order chi connectivity index (χ0) is 16.8. The Morgan fingerprint density at radius 1 is 1.20 bits per heavy atom. The molecule has 1 aromatic rings. The fraction of sp³-hybridized carbons (Fsp3) is 0.650. The lowest BCUT2D eigenvalue weighted by Gasteiger charge is -2.30. The van der Waals surface area contributed by atoms with E-state index in [0.29, 0.717) is 11.8 Å². The summed E-state index contributed by atoms with van der Waals surface area (Å²) < 4.78 is 0. The molecule has 0 aliphatic carbocycles. The van der Waals surface area contributed by atoms with Gasteiger partial charge >= 0.3 is 0 Å².